The fraction of sp³-hybridized carbons (Fsp3) is 0.300. The number of carbonyl (C=O) groups excluding carboxylic acids is 2. The van der Waals surface area contributed by atoms with Crippen LogP contribution in [0.1, 0.15) is 22.7 Å². The SMILES string of the molecule is O=C1Cc2cc(S(=O)(=O)N3CC(=O)N4CCc5ccccc5C4C3)ccc2N1. The average molecular weight is 397 g/mol. The molecule has 3 aliphatic rings. The van der Waals surface area contributed by atoms with Crippen molar-refractivity contribution in [3.05, 3.63) is 59.2 Å². The molecule has 2 aromatic carbocycles. The topological polar surface area (TPSA) is 86.8 Å². The smallest absolute Gasteiger partial charge is 0.243 e. The fourth-order valence-corrected chi connectivity index (χ4v) is 5.79. The lowest BCUT2D eigenvalue weighted by molar-refractivity contribution is -0.138. The zero-order chi connectivity index (χ0) is 19.5. The van der Waals surface area contributed by atoms with Gasteiger partial charge in [-0.25, -0.2) is 8.42 Å². The quantitative estimate of drug-likeness (QED) is 0.828. The van der Waals surface area contributed by atoms with Crippen molar-refractivity contribution in [3.8, 4) is 0 Å². The number of anilines is 1. The van der Waals surface area contributed by atoms with E-state index in [4.69, 9.17) is 0 Å². The summed E-state index contributed by atoms with van der Waals surface area (Å²) in [6, 6.07) is 12.3. The Morgan fingerprint density at radius 1 is 1.04 bits per heavy atom. The van der Waals surface area contributed by atoms with Crippen molar-refractivity contribution in [1.29, 1.82) is 0 Å². The number of amides is 2. The van der Waals surface area contributed by atoms with Crippen molar-refractivity contribution < 1.29 is 18.0 Å². The maximum atomic E-state index is 13.3. The van der Waals surface area contributed by atoms with Crippen molar-refractivity contribution in [2.45, 2.75) is 23.8 Å². The Morgan fingerprint density at radius 3 is 2.71 bits per heavy atom. The van der Waals surface area contributed by atoms with Gasteiger partial charge in [0.15, 0.2) is 0 Å². The van der Waals surface area contributed by atoms with Crippen molar-refractivity contribution in [2.75, 3.05) is 25.0 Å². The molecule has 0 saturated carbocycles. The molecule has 1 atom stereocenters. The number of benzene rings is 2. The van der Waals surface area contributed by atoms with Gasteiger partial charge in [0.05, 0.1) is 23.9 Å². The highest BCUT2D eigenvalue weighted by Crippen LogP contribution is 2.35. The standard InChI is InChI=1S/C20H19N3O4S/c24-19-10-14-9-15(5-6-17(14)21-19)28(26,27)22-11-18-16-4-2-1-3-13(16)7-8-23(18)20(25)12-22/h1-6,9,18H,7-8,10-12H2,(H,21,24). The van der Waals surface area contributed by atoms with Crippen LogP contribution in [-0.2, 0) is 32.5 Å². The highest BCUT2D eigenvalue weighted by Gasteiger charge is 2.41. The van der Waals surface area contributed by atoms with E-state index in [0.717, 1.165) is 17.5 Å². The number of carbonyl (C=O) groups is 2. The second-order valence-electron chi connectivity index (χ2n) is 7.39. The van der Waals surface area contributed by atoms with Gasteiger partial charge in [0.2, 0.25) is 21.8 Å². The molecular formula is C20H19N3O4S. The number of nitrogens with zero attached hydrogens (tertiary/aromatic N) is 2. The first-order chi connectivity index (χ1) is 13.4. The molecule has 3 heterocycles. The number of nitrogens with one attached hydrogen (secondary N) is 1. The van der Waals surface area contributed by atoms with Crippen molar-refractivity contribution >= 4 is 27.5 Å². The highest BCUT2D eigenvalue weighted by molar-refractivity contribution is 7.89. The van der Waals surface area contributed by atoms with Crippen molar-refractivity contribution in [1.82, 2.24) is 9.21 Å². The summed E-state index contributed by atoms with van der Waals surface area (Å²) in [5.41, 5.74) is 3.49. The van der Waals surface area contributed by atoms with E-state index in [1.165, 1.54) is 16.4 Å². The molecule has 7 nitrogen and oxygen atoms in total. The van der Waals surface area contributed by atoms with Crippen molar-refractivity contribution in [2.24, 2.45) is 0 Å². The maximum Gasteiger partial charge on any atom is 0.243 e. The molecule has 1 saturated heterocycles. The monoisotopic (exact) mass is 397 g/mol. The lowest BCUT2D eigenvalue weighted by Gasteiger charge is -2.44. The normalized spacial score (nSPS) is 21.7. The van der Waals surface area contributed by atoms with E-state index in [-0.39, 0.29) is 42.3 Å². The third-order valence-corrected chi connectivity index (χ3v) is 7.57. The number of sulfonamides is 1. The van der Waals surface area contributed by atoms with Gasteiger partial charge in [-0.1, -0.05) is 24.3 Å². The molecule has 0 aliphatic carbocycles. The van der Waals surface area contributed by atoms with Crippen LogP contribution in [0.25, 0.3) is 0 Å². The Hall–Kier alpha value is -2.71. The van der Waals surface area contributed by atoms with Crippen LogP contribution in [0.3, 0.4) is 0 Å². The summed E-state index contributed by atoms with van der Waals surface area (Å²) in [5.74, 6) is -0.320. The second-order valence-corrected chi connectivity index (χ2v) is 9.33. The van der Waals surface area contributed by atoms with Crippen LogP contribution >= 0.6 is 0 Å². The molecule has 0 radical (unpaired) electrons. The molecule has 2 aromatic rings. The number of hydrogen-bond acceptors (Lipinski definition) is 4. The number of hydrogen-bond donors (Lipinski definition) is 1. The van der Waals surface area contributed by atoms with Gasteiger partial charge in [0.1, 0.15) is 0 Å². The molecule has 1 unspecified atom stereocenters. The third kappa shape index (κ3) is 2.63. The summed E-state index contributed by atoms with van der Waals surface area (Å²) in [6.45, 7) is 0.690. The molecule has 144 valence electrons. The zero-order valence-corrected chi connectivity index (χ0v) is 15.9. The molecule has 1 N–H and O–H groups in total. The van der Waals surface area contributed by atoms with Gasteiger partial charge in [-0.05, 0) is 41.3 Å². The number of piperazine rings is 1. The van der Waals surface area contributed by atoms with E-state index in [9.17, 15) is 18.0 Å². The average Bonchev–Trinajstić information content (AvgIpc) is 3.07. The lowest BCUT2D eigenvalue weighted by Crippen LogP contribution is -2.55. The van der Waals surface area contributed by atoms with E-state index >= 15 is 0 Å². The Balaban J connectivity index is 1.50. The third-order valence-electron chi connectivity index (χ3n) is 5.76. The Bertz CT molecular complexity index is 1110. The lowest BCUT2D eigenvalue weighted by atomic mass is 9.91. The molecule has 0 aromatic heterocycles. The van der Waals surface area contributed by atoms with E-state index < -0.39 is 10.0 Å². The number of rotatable bonds is 2. The number of fused-ring (bicyclic) bond motifs is 4. The van der Waals surface area contributed by atoms with Gasteiger partial charge in [-0.3, -0.25) is 9.59 Å². The molecule has 0 bridgehead atoms. The first-order valence-electron chi connectivity index (χ1n) is 9.24. The first-order valence-corrected chi connectivity index (χ1v) is 10.7. The van der Waals surface area contributed by atoms with Gasteiger partial charge in [-0.2, -0.15) is 4.31 Å². The van der Waals surface area contributed by atoms with Gasteiger partial charge in [0, 0.05) is 18.8 Å². The Kier molecular flexibility index (Phi) is 3.82. The first kappa shape index (κ1) is 17.4. The Labute approximate surface area is 163 Å². The molecule has 3 aliphatic heterocycles. The van der Waals surface area contributed by atoms with Crippen LogP contribution in [0.4, 0.5) is 5.69 Å². The van der Waals surface area contributed by atoms with Gasteiger partial charge in [0.25, 0.3) is 0 Å². The minimum Gasteiger partial charge on any atom is -0.333 e. The predicted molar refractivity (Wildman–Crippen MR) is 102 cm³/mol. The molecule has 2 amide bonds. The van der Waals surface area contributed by atoms with Crippen LogP contribution in [0, 0.1) is 0 Å². The van der Waals surface area contributed by atoms with E-state index in [2.05, 4.69) is 5.32 Å². The minimum absolute atomic E-state index is 0.119. The van der Waals surface area contributed by atoms with Crippen LogP contribution in [0.2, 0.25) is 0 Å². The van der Waals surface area contributed by atoms with E-state index in [1.807, 2.05) is 24.3 Å². The summed E-state index contributed by atoms with van der Waals surface area (Å²) in [4.78, 5) is 26.2. The van der Waals surface area contributed by atoms with Crippen LogP contribution in [0.15, 0.2) is 47.4 Å². The van der Waals surface area contributed by atoms with Gasteiger partial charge in [-0.15, -0.1) is 0 Å². The highest BCUT2D eigenvalue weighted by atomic mass is 32.2. The molecule has 8 heteroatoms. The Morgan fingerprint density at radius 2 is 1.86 bits per heavy atom. The fourth-order valence-electron chi connectivity index (χ4n) is 4.34. The second kappa shape index (κ2) is 6.15. The van der Waals surface area contributed by atoms with Crippen molar-refractivity contribution in [3.63, 3.8) is 0 Å². The van der Waals surface area contributed by atoms with Crippen LogP contribution in [-0.4, -0.2) is 49.1 Å². The predicted octanol–water partition coefficient (Wildman–Crippen LogP) is 1.31. The van der Waals surface area contributed by atoms with Gasteiger partial charge >= 0.3 is 0 Å². The summed E-state index contributed by atoms with van der Waals surface area (Å²) in [6.07, 6.45) is 0.957. The largest absolute Gasteiger partial charge is 0.333 e. The summed E-state index contributed by atoms with van der Waals surface area (Å²) in [5, 5.41) is 2.70. The molecule has 28 heavy (non-hydrogen) atoms. The minimum atomic E-state index is -3.84. The molecule has 0 spiro atoms. The summed E-state index contributed by atoms with van der Waals surface area (Å²) >= 11 is 0. The van der Waals surface area contributed by atoms with Gasteiger partial charge < -0.3 is 10.2 Å². The summed E-state index contributed by atoms with van der Waals surface area (Å²) in [7, 11) is -3.84. The van der Waals surface area contributed by atoms with E-state index in [0.29, 0.717) is 17.8 Å². The zero-order valence-electron chi connectivity index (χ0n) is 15.1. The molecular weight excluding hydrogens is 378 g/mol. The van der Waals surface area contributed by atoms with E-state index in [1.54, 1.807) is 11.0 Å². The molecule has 1 fully saturated rings. The summed E-state index contributed by atoms with van der Waals surface area (Å²) < 4.78 is 27.8. The molecule has 5 rings (SSSR count). The van der Waals surface area contributed by atoms with Crippen LogP contribution in [0.5, 0.6) is 0 Å². The van der Waals surface area contributed by atoms with Crippen LogP contribution < -0.4 is 5.32 Å². The maximum absolute atomic E-state index is 13.3.